The SMILES string of the molecule is Cc1ccc(OCC(=O)N2CCN(Cc3nc4ccccc4n3Cc3ccccc3)CC2)cc1. The van der Waals surface area contributed by atoms with Crippen molar-refractivity contribution >= 4 is 16.9 Å². The molecule has 1 amide bonds. The molecule has 6 heteroatoms. The summed E-state index contributed by atoms with van der Waals surface area (Å²) in [5.74, 6) is 1.83. The Morgan fingerprint density at radius 1 is 0.853 bits per heavy atom. The van der Waals surface area contributed by atoms with Crippen LogP contribution in [0.1, 0.15) is 17.0 Å². The normalized spacial score (nSPS) is 14.4. The Balaban J connectivity index is 1.20. The molecule has 34 heavy (non-hydrogen) atoms. The van der Waals surface area contributed by atoms with E-state index in [0.717, 1.165) is 48.8 Å². The predicted octanol–water partition coefficient (Wildman–Crippen LogP) is 4.12. The molecule has 0 aliphatic carbocycles. The fourth-order valence-electron chi connectivity index (χ4n) is 4.41. The Morgan fingerprint density at radius 2 is 1.56 bits per heavy atom. The average molecular weight is 455 g/mol. The van der Waals surface area contributed by atoms with E-state index in [0.29, 0.717) is 13.1 Å². The smallest absolute Gasteiger partial charge is 0.260 e. The zero-order valence-electron chi connectivity index (χ0n) is 19.6. The number of nitrogens with zero attached hydrogens (tertiary/aromatic N) is 4. The van der Waals surface area contributed by atoms with Gasteiger partial charge in [0.15, 0.2) is 6.61 Å². The molecular weight excluding hydrogens is 424 g/mol. The van der Waals surface area contributed by atoms with Gasteiger partial charge in [-0.3, -0.25) is 9.69 Å². The fourth-order valence-corrected chi connectivity index (χ4v) is 4.41. The number of fused-ring (bicyclic) bond motifs is 1. The van der Waals surface area contributed by atoms with E-state index >= 15 is 0 Å². The maximum Gasteiger partial charge on any atom is 0.260 e. The molecule has 1 aliphatic rings. The van der Waals surface area contributed by atoms with Gasteiger partial charge in [-0.05, 0) is 36.8 Å². The first kappa shape index (κ1) is 22.2. The highest BCUT2D eigenvalue weighted by atomic mass is 16.5. The Hall–Kier alpha value is -3.64. The predicted molar refractivity (Wildman–Crippen MR) is 134 cm³/mol. The monoisotopic (exact) mass is 454 g/mol. The van der Waals surface area contributed by atoms with Gasteiger partial charge in [-0.1, -0.05) is 60.2 Å². The van der Waals surface area contributed by atoms with Gasteiger partial charge in [-0.15, -0.1) is 0 Å². The molecule has 0 atom stereocenters. The Labute approximate surface area is 200 Å². The summed E-state index contributed by atoms with van der Waals surface area (Å²) >= 11 is 0. The second-order valence-corrected chi connectivity index (χ2v) is 8.85. The zero-order valence-corrected chi connectivity index (χ0v) is 19.6. The van der Waals surface area contributed by atoms with Crippen LogP contribution in [0, 0.1) is 6.92 Å². The van der Waals surface area contributed by atoms with E-state index in [4.69, 9.17) is 9.72 Å². The van der Waals surface area contributed by atoms with Crippen molar-refractivity contribution in [3.8, 4) is 5.75 Å². The molecule has 1 saturated heterocycles. The summed E-state index contributed by atoms with van der Waals surface area (Å²) < 4.78 is 8.00. The zero-order chi connectivity index (χ0) is 23.3. The van der Waals surface area contributed by atoms with E-state index in [1.54, 1.807) is 0 Å². The first-order valence-electron chi connectivity index (χ1n) is 11.8. The molecule has 6 nitrogen and oxygen atoms in total. The molecule has 1 aromatic heterocycles. The third-order valence-corrected chi connectivity index (χ3v) is 6.39. The molecular formula is C28H30N4O2. The van der Waals surface area contributed by atoms with Gasteiger partial charge in [0.2, 0.25) is 0 Å². The lowest BCUT2D eigenvalue weighted by molar-refractivity contribution is -0.135. The van der Waals surface area contributed by atoms with Crippen LogP contribution in [0.4, 0.5) is 0 Å². The van der Waals surface area contributed by atoms with Gasteiger partial charge < -0.3 is 14.2 Å². The number of hydrogen-bond donors (Lipinski definition) is 0. The van der Waals surface area contributed by atoms with Gasteiger partial charge in [-0.2, -0.15) is 0 Å². The number of piperazine rings is 1. The highest BCUT2D eigenvalue weighted by Gasteiger charge is 2.23. The molecule has 0 radical (unpaired) electrons. The quantitative estimate of drug-likeness (QED) is 0.422. The third kappa shape index (κ3) is 5.13. The summed E-state index contributed by atoms with van der Waals surface area (Å²) in [6.07, 6.45) is 0. The number of aromatic nitrogens is 2. The number of para-hydroxylation sites is 2. The number of imidazole rings is 1. The molecule has 1 aliphatic heterocycles. The average Bonchev–Trinajstić information content (AvgIpc) is 3.21. The van der Waals surface area contributed by atoms with Gasteiger partial charge >= 0.3 is 0 Å². The van der Waals surface area contributed by atoms with Gasteiger partial charge in [0.25, 0.3) is 5.91 Å². The number of carbonyl (C=O) groups excluding carboxylic acids is 1. The van der Waals surface area contributed by atoms with Crippen molar-refractivity contribution in [3.63, 3.8) is 0 Å². The van der Waals surface area contributed by atoms with Crippen molar-refractivity contribution in [1.82, 2.24) is 19.4 Å². The van der Waals surface area contributed by atoms with E-state index in [9.17, 15) is 4.79 Å². The number of carbonyl (C=O) groups is 1. The van der Waals surface area contributed by atoms with E-state index in [-0.39, 0.29) is 12.5 Å². The molecule has 174 valence electrons. The van der Waals surface area contributed by atoms with Gasteiger partial charge in [0, 0.05) is 32.7 Å². The Bertz CT molecular complexity index is 1240. The first-order valence-corrected chi connectivity index (χ1v) is 11.8. The van der Waals surface area contributed by atoms with Crippen LogP contribution in [0.2, 0.25) is 0 Å². The standard InChI is InChI=1S/C28H30N4O2/c1-22-11-13-24(14-12-22)34-21-28(33)31-17-15-30(16-18-31)20-27-29-25-9-5-6-10-26(25)32(27)19-23-7-3-2-4-8-23/h2-14H,15-21H2,1H3. The maximum absolute atomic E-state index is 12.6. The Morgan fingerprint density at radius 3 is 2.32 bits per heavy atom. The molecule has 4 aromatic rings. The molecule has 0 spiro atoms. The minimum absolute atomic E-state index is 0.0385. The fraction of sp³-hybridized carbons (Fsp3) is 0.286. The summed E-state index contributed by atoms with van der Waals surface area (Å²) in [6, 6.07) is 26.6. The highest BCUT2D eigenvalue weighted by Crippen LogP contribution is 2.20. The van der Waals surface area contributed by atoms with E-state index < -0.39 is 0 Å². The summed E-state index contributed by atoms with van der Waals surface area (Å²) in [6.45, 7) is 6.73. The van der Waals surface area contributed by atoms with Crippen LogP contribution in [0.15, 0.2) is 78.9 Å². The third-order valence-electron chi connectivity index (χ3n) is 6.39. The van der Waals surface area contributed by atoms with Crippen molar-refractivity contribution in [1.29, 1.82) is 0 Å². The van der Waals surface area contributed by atoms with Crippen LogP contribution >= 0.6 is 0 Å². The van der Waals surface area contributed by atoms with E-state index in [2.05, 4.69) is 51.9 Å². The number of benzene rings is 3. The van der Waals surface area contributed by atoms with E-state index in [1.807, 2.05) is 48.2 Å². The van der Waals surface area contributed by atoms with Crippen LogP contribution < -0.4 is 4.74 Å². The molecule has 5 rings (SSSR count). The van der Waals surface area contributed by atoms with Crippen LogP contribution in [-0.2, 0) is 17.9 Å². The Kier molecular flexibility index (Phi) is 6.58. The van der Waals surface area contributed by atoms with Crippen molar-refractivity contribution in [2.75, 3.05) is 32.8 Å². The van der Waals surface area contributed by atoms with Gasteiger partial charge in [-0.25, -0.2) is 4.98 Å². The topological polar surface area (TPSA) is 50.6 Å². The minimum atomic E-state index is 0.0385. The molecule has 1 fully saturated rings. The number of aryl methyl sites for hydroxylation is 1. The minimum Gasteiger partial charge on any atom is -0.484 e. The molecule has 2 heterocycles. The maximum atomic E-state index is 12.6. The summed E-state index contributed by atoms with van der Waals surface area (Å²) in [7, 11) is 0. The summed E-state index contributed by atoms with van der Waals surface area (Å²) in [4.78, 5) is 21.9. The second-order valence-electron chi connectivity index (χ2n) is 8.85. The number of ether oxygens (including phenoxy) is 1. The van der Waals surface area contributed by atoms with Crippen LogP contribution in [-0.4, -0.2) is 58.0 Å². The molecule has 0 bridgehead atoms. The molecule has 0 saturated carbocycles. The van der Waals surface area contributed by atoms with Gasteiger partial charge in [0.05, 0.1) is 17.6 Å². The molecule has 0 N–H and O–H groups in total. The van der Waals surface area contributed by atoms with Crippen molar-refractivity contribution in [2.45, 2.75) is 20.0 Å². The largest absolute Gasteiger partial charge is 0.484 e. The lowest BCUT2D eigenvalue weighted by Gasteiger charge is -2.34. The molecule has 0 unspecified atom stereocenters. The molecule has 3 aromatic carbocycles. The second kappa shape index (κ2) is 10.1. The number of rotatable bonds is 7. The highest BCUT2D eigenvalue weighted by molar-refractivity contribution is 5.78. The first-order chi connectivity index (χ1) is 16.7. The number of hydrogen-bond acceptors (Lipinski definition) is 4. The lowest BCUT2D eigenvalue weighted by atomic mass is 10.2. The summed E-state index contributed by atoms with van der Waals surface area (Å²) in [5.41, 5.74) is 4.61. The lowest BCUT2D eigenvalue weighted by Crippen LogP contribution is -2.49. The van der Waals surface area contributed by atoms with Crippen molar-refractivity contribution < 1.29 is 9.53 Å². The van der Waals surface area contributed by atoms with Gasteiger partial charge in [0.1, 0.15) is 11.6 Å². The van der Waals surface area contributed by atoms with Crippen LogP contribution in [0.3, 0.4) is 0 Å². The van der Waals surface area contributed by atoms with Crippen molar-refractivity contribution in [2.24, 2.45) is 0 Å². The van der Waals surface area contributed by atoms with E-state index in [1.165, 1.54) is 11.1 Å². The number of amides is 1. The van der Waals surface area contributed by atoms with Crippen LogP contribution in [0.25, 0.3) is 11.0 Å². The van der Waals surface area contributed by atoms with Crippen LogP contribution in [0.5, 0.6) is 5.75 Å². The van der Waals surface area contributed by atoms with Crippen molar-refractivity contribution in [3.05, 3.63) is 95.8 Å². The summed E-state index contributed by atoms with van der Waals surface area (Å²) in [5, 5.41) is 0.